The molecule has 0 saturated carbocycles. The van der Waals surface area contributed by atoms with Gasteiger partial charge in [-0.2, -0.15) is 0 Å². The van der Waals surface area contributed by atoms with Crippen molar-refractivity contribution < 1.29 is 18.7 Å². The van der Waals surface area contributed by atoms with Crippen molar-refractivity contribution in [2.45, 2.75) is 54.5 Å². The van der Waals surface area contributed by atoms with Gasteiger partial charge >= 0.3 is 0 Å². The maximum absolute atomic E-state index is 13.9. The number of fused-ring (bicyclic) bond motifs is 1. The van der Waals surface area contributed by atoms with E-state index in [1.807, 2.05) is 93.9 Å². The molecular formula is C34H38FN3O4. The van der Waals surface area contributed by atoms with Crippen molar-refractivity contribution in [2.75, 3.05) is 7.11 Å². The van der Waals surface area contributed by atoms with Gasteiger partial charge in [-0.15, -0.1) is 0 Å². The van der Waals surface area contributed by atoms with Crippen molar-refractivity contribution >= 4 is 16.7 Å². The van der Waals surface area contributed by atoms with Crippen LogP contribution < -0.4 is 15.0 Å². The number of ketones is 1. The van der Waals surface area contributed by atoms with Crippen molar-refractivity contribution in [3.05, 3.63) is 112 Å². The largest absolute Gasteiger partial charge is 0.497 e. The highest BCUT2D eigenvalue weighted by atomic mass is 19.1. The number of hydrogen-bond acceptors (Lipinski definition) is 5. The summed E-state index contributed by atoms with van der Waals surface area (Å²) in [6, 6.07) is 21.5. The molecule has 0 aliphatic heterocycles. The van der Waals surface area contributed by atoms with Gasteiger partial charge in [-0.1, -0.05) is 45.0 Å². The van der Waals surface area contributed by atoms with Crippen LogP contribution in [0.4, 0.5) is 4.39 Å². The van der Waals surface area contributed by atoms with Gasteiger partial charge in [-0.3, -0.25) is 19.3 Å². The second kappa shape index (κ2) is 14.8. The van der Waals surface area contributed by atoms with E-state index in [0.717, 1.165) is 34.3 Å². The number of rotatable bonds is 7. The van der Waals surface area contributed by atoms with Crippen molar-refractivity contribution in [1.29, 1.82) is 0 Å². The van der Waals surface area contributed by atoms with Gasteiger partial charge in [0.1, 0.15) is 17.1 Å². The van der Waals surface area contributed by atoms with Gasteiger partial charge in [0.2, 0.25) is 0 Å². The number of nitrogens with zero attached hydrogens (tertiary/aromatic N) is 3. The molecule has 0 saturated heterocycles. The first-order valence-corrected chi connectivity index (χ1v) is 14.0. The fraction of sp³-hybridized carbons (Fsp3) is 0.265. The predicted octanol–water partition coefficient (Wildman–Crippen LogP) is 8.07. The fourth-order valence-electron chi connectivity index (χ4n) is 4.48. The van der Waals surface area contributed by atoms with Gasteiger partial charge in [-0.05, 0) is 75.2 Å². The number of carbonyl (C=O) groups is 1. The van der Waals surface area contributed by atoms with Crippen molar-refractivity contribution in [3.8, 4) is 22.9 Å². The number of benzene rings is 3. The first-order valence-electron chi connectivity index (χ1n) is 14.0. The van der Waals surface area contributed by atoms with Crippen LogP contribution in [-0.4, -0.2) is 27.2 Å². The zero-order valence-corrected chi connectivity index (χ0v) is 25.3. The number of halogens is 1. The van der Waals surface area contributed by atoms with E-state index in [2.05, 4.69) is 4.98 Å². The van der Waals surface area contributed by atoms with Crippen molar-refractivity contribution in [1.82, 2.24) is 14.3 Å². The summed E-state index contributed by atoms with van der Waals surface area (Å²) in [5.74, 6) is 0.915. The molecule has 220 valence electrons. The van der Waals surface area contributed by atoms with E-state index in [1.54, 1.807) is 30.1 Å². The molecule has 5 aromatic rings. The summed E-state index contributed by atoms with van der Waals surface area (Å²) in [6.07, 6.45) is 2.53. The smallest absolute Gasteiger partial charge is 0.282 e. The monoisotopic (exact) mass is 571 g/mol. The Labute approximate surface area is 246 Å². The highest BCUT2D eigenvalue weighted by Gasteiger charge is 2.20. The lowest BCUT2D eigenvalue weighted by Gasteiger charge is -2.12. The van der Waals surface area contributed by atoms with Crippen LogP contribution in [0.25, 0.3) is 16.6 Å². The minimum absolute atomic E-state index is 0.179. The highest BCUT2D eigenvalue weighted by Crippen LogP contribution is 2.32. The van der Waals surface area contributed by atoms with Crippen LogP contribution in [0.3, 0.4) is 0 Å². The molecule has 0 spiro atoms. The quantitative estimate of drug-likeness (QED) is 0.185. The summed E-state index contributed by atoms with van der Waals surface area (Å²) in [5, 5.41) is 0.804. The van der Waals surface area contributed by atoms with Crippen LogP contribution in [0.1, 0.15) is 55.7 Å². The average Bonchev–Trinajstić information content (AvgIpc) is 3.25. The minimum atomic E-state index is -0.381. The SMILES string of the molecule is CC.CCCn1c(C)c(C(C)=O)c(=O)n1-c1ccccc1.COc1ccc2c(Oc3ccc(C)cc3F)ccnc2c1. The van der Waals surface area contributed by atoms with Gasteiger partial charge in [0, 0.05) is 29.9 Å². The predicted molar refractivity (Wildman–Crippen MR) is 166 cm³/mol. The molecule has 42 heavy (non-hydrogen) atoms. The van der Waals surface area contributed by atoms with Gasteiger partial charge < -0.3 is 9.47 Å². The third-order valence-corrected chi connectivity index (χ3v) is 6.40. The number of aryl methyl sites for hydroxylation is 1. The number of hydrogen-bond donors (Lipinski definition) is 0. The van der Waals surface area contributed by atoms with Crippen LogP contribution >= 0.6 is 0 Å². The Bertz CT molecular complexity index is 1710. The molecule has 0 fully saturated rings. The van der Waals surface area contributed by atoms with Crippen LogP contribution in [0.15, 0.2) is 83.8 Å². The summed E-state index contributed by atoms with van der Waals surface area (Å²) in [6.45, 7) is 11.9. The van der Waals surface area contributed by atoms with E-state index in [0.29, 0.717) is 18.0 Å². The third-order valence-electron chi connectivity index (χ3n) is 6.40. The summed E-state index contributed by atoms with van der Waals surface area (Å²) in [7, 11) is 1.60. The lowest BCUT2D eigenvalue weighted by atomic mass is 10.2. The molecule has 0 N–H and O–H groups in total. The zero-order chi connectivity index (χ0) is 30.8. The Hall–Kier alpha value is -4.72. The number of ether oxygens (including phenoxy) is 2. The molecule has 8 heteroatoms. The van der Waals surface area contributed by atoms with Gasteiger partial charge in [0.25, 0.3) is 5.56 Å². The Kier molecular flexibility index (Phi) is 11.2. The van der Waals surface area contributed by atoms with Crippen molar-refractivity contribution in [3.63, 3.8) is 0 Å². The number of aromatic nitrogens is 3. The third kappa shape index (κ3) is 7.13. The summed E-state index contributed by atoms with van der Waals surface area (Å²) >= 11 is 0. The van der Waals surface area contributed by atoms with E-state index in [-0.39, 0.29) is 28.5 Å². The molecule has 2 aromatic heterocycles. The van der Waals surface area contributed by atoms with Crippen LogP contribution in [-0.2, 0) is 6.54 Å². The summed E-state index contributed by atoms with van der Waals surface area (Å²) in [5.41, 5.74) is 3.17. The molecule has 5 rings (SSSR count). The molecule has 3 aromatic carbocycles. The molecule has 2 heterocycles. The maximum Gasteiger partial charge on any atom is 0.282 e. The second-order valence-corrected chi connectivity index (χ2v) is 9.32. The molecule has 0 amide bonds. The van der Waals surface area contributed by atoms with Crippen LogP contribution in [0.5, 0.6) is 17.2 Å². The lowest BCUT2D eigenvalue weighted by molar-refractivity contribution is 0.101. The van der Waals surface area contributed by atoms with Gasteiger partial charge in [-0.25, -0.2) is 9.07 Å². The average molecular weight is 572 g/mol. The second-order valence-electron chi connectivity index (χ2n) is 9.32. The van der Waals surface area contributed by atoms with Crippen LogP contribution in [0.2, 0.25) is 0 Å². The van der Waals surface area contributed by atoms with Crippen molar-refractivity contribution in [2.24, 2.45) is 0 Å². The number of methoxy groups -OCH3 is 1. The standard InChI is InChI=1S/C17H14FNO2.C15H18N2O2.C2H6/c1-11-3-6-17(14(18)9-11)21-16-7-8-19-15-10-12(20-2)4-5-13(15)16;1-4-10-16-11(2)14(12(3)18)15(19)17(16)13-8-6-5-7-9-13;1-2/h3-10H,1-2H3;5-9H,4,10H2,1-3H3;1-2H3. The molecule has 0 aliphatic carbocycles. The Morgan fingerprint density at radius 1 is 0.952 bits per heavy atom. The highest BCUT2D eigenvalue weighted by molar-refractivity contribution is 5.95. The Morgan fingerprint density at radius 3 is 2.29 bits per heavy atom. The number of pyridine rings is 1. The fourth-order valence-corrected chi connectivity index (χ4v) is 4.48. The van der Waals surface area contributed by atoms with Gasteiger partial charge in [0.05, 0.1) is 18.3 Å². The molecule has 0 aliphatic rings. The first kappa shape index (κ1) is 31.8. The number of carbonyl (C=O) groups excluding carboxylic acids is 1. The van der Waals surface area contributed by atoms with E-state index >= 15 is 0 Å². The Morgan fingerprint density at radius 2 is 1.67 bits per heavy atom. The molecule has 7 nitrogen and oxygen atoms in total. The zero-order valence-electron chi connectivity index (χ0n) is 25.3. The maximum atomic E-state index is 13.9. The Balaban J connectivity index is 0.000000219. The van der Waals surface area contributed by atoms with E-state index in [4.69, 9.17) is 9.47 Å². The number of Topliss-reactive ketones (excluding diaryl/α,β-unsaturated/α-hetero) is 1. The van der Waals surface area contributed by atoms with Crippen LogP contribution in [0, 0.1) is 19.7 Å². The summed E-state index contributed by atoms with van der Waals surface area (Å²) < 4.78 is 28.2. The minimum Gasteiger partial charge on any atom is -0.497 e. The number of para-hydroxylation sites is 1. The van der Waals surface area contributed by atoms with E-state index in [1.165, 1.54) is 13.0 Å². The first-order chi connectivity index (χ1) is 20.2. The van der Waals surface area contributed by atoms with E-state index in [9.17, 15) is 14.0 Å². The molecule has 0 radical (unpaired) electrons. The molecular weight excluding hydrogens is 533 g/mol. The van der Waals surface area contributed by atoms with E-state index < -0.39 is 0 Å². The molecule has 0 bridgehead atoms. The molecule has 0 unspecified atom stereocenters. The summed E-state index contributed by atoms with van der Waals surface area (Å²) in [4.78, 5) is 28.4. The molecule has 0 atom stereocenters. The normalized spacial score (nSPS) is 10.3. The van der Waals surface area contributed by atoms with Gasteiger partial charge in [0.15, 0.2) is 17.3 Å². The lowest BCUT2D eigenvalue weighted by Crippen LogP contribution is -2.23. The topological polar surface area (TPSA) is 75.4 Å².